The first-order chi connectivity index (χ1) is 13.4. The SMILES string of the molecule is CC(C)(C)OC(=O)CCOCCc1cccc(CCN2CC3CCCC3C2)c1.[HH]. The molecule has 1 saturated heterocycles. The van der Waals surface area contributed by atoms with E-state index in [4.69, 9.17) is 9.47 Å². The van der Waals surface area contributed by atoms with Gasteiger partial charge in [-0.1, -0.05) is 30.7 Å². The summed E-state index contributed by atoms with van der Waals surface area (Å²) in [5.41, 5.74) is 2.31. The fraction of sp³-hybridized carbons (Fsp3) is 0.708. The Labute approximate surface area is 172 Å². The summed E-state index contributed by atoms with van der Waals surface area (Å²) in [5.74, 6) is 1.76. The summed E-state index contributed by atoms with van der Waals surface area (Å²) in [7, 11) is 0. The predicted octanol–water partition coefficient (Wildman–Crippen LogP) is 4.50. The maximum Gasteiger partial charge on any atom is 0.308 e. The van der Waals surface area contributed by atoms with Gasteiger partial charge in [-0.3, -0.25) is 4.79 Å². The monoisotopic (exact) mass is 389 g/mol. The summed E-state index contributed by atoms with van der Waals surface area (Å²) in [6.45, 7) is 10.5. The molecule has 4 heteroatoms. The number of nitrogens with zero attached hydrogens (tertiary/aromatic N) is 1. The zero-order valence-corrected chi connectivity index (χ0v) is 17.9. The fourth-order valence-electron chi connectivity index (χ4n) is 4.58. The largest absolute Gasteiger partial charge is 0.460 e. The smallest absolute Gasteiger partial charge is 0.308 e. The van der Waals surface area contributed by atoms with Crippen LogP contribution in [0.4, 0.5) is 0 Å². The molecule has 1 saturated carbocycles. The van der Waals surface area contributed by atoms with Crippen molar-refractivity contribution < 1.29 is 15.7 Å². The third-order valence-corrected chi connectivity index (χ3v) is 5.92. The van der Waals surface area contributed by atoms with Crippen LogP contribution in [0.2, 0.25) is 0 Å². The molecule has 1 aliphatic carbocycles. The number of rotatable bonds is 9. The number of benzene rings is 1. The van der Waals surface area contributed by atoms with E-state index in [1.54, 1.807) is 0 Å². The molecule has 4 nitrogen and oxygen atoms in total. The molecule has 1 aromatic rings. The third kappa shape index (κ3) is 6.89. The first-order valence-corrected chi connectivity index (χ1v) is 11.0. The van der Waals surface area contributed by atoms with Gasteiger partial charge >= 0.3 is 5.97 Å². The molecule has 0 aromatic heterocycles. The number of likely N-dealkylation sites (tertiary alicyclic amines) is 1. The molecule has 0 bridgehead atoms. The third-order valence-electron chi connectivity index (χ3n) is 5.92. The molecule has 1 aliphatic heterocycles. The molecule has 2 aliphatic rings. The van der Waals surface area contributed by atoms with Gasteiger partial charge in [0.05, 0.1) is 19.6 Å². The van der Waals surface area contributed by atoms with Gasteiger partial charge in [0, 0.05) is 21.1 Å². The van der Waals surface area contributed by atoms with Crippen molar-refractivity contribution in [2.75, 3.05) is 32.8 Å². The Balaban J connectivity index is 0.00000300. The molecule has 28 heavy (non-hydrogen) atoms. The van der Waals surface area contributed by atoms with Crippen LogP contribution < -0.4 is 0 Å². The molecular formula is C24H39NO3. The van der Waals surface area contributed by atoms with Gasteiger partial charge < -0.3 is 14.4 Å². The summed E-state index contributed by atoms with van der Waals surface area (Å²) in [6.07, 6.45) is 6.68. The molecule has 2 atom stereocenters. The van der Waals surface area contributed by atoms with E-state index in [1.807, 2.05) is 20.8 Å². The Bertz CT molecular complexity index is 631. The van der Waals surface area contributed by atoms with E-state index in [2.05, 4.69) is 29.2 Å². The van der Waals surface area contributed by atoms with Crippen molar-refractivity contribution in [2.24, 2.45) is 11.8 Å². The minimum absolute atomic E-state index is 0. The van der Waals surface area contributed by atoms with Crippen LogP contribution in [0.5, 0.6) is 0 Å². The molecule has 0 spiro atoms. The second kappa shape index (κ2) is 9.89. The van der Waals surface area contributed by atoms with Crippen molar-refractivity contribution in [3.05, 3.63) is 35.4 Å². The molecule has 158 valence electrons. The summed E-state index contributed by atoms with van der Waals surface area (Å²) in [5, 5.41) is 0. The Kier molecular flexibility index (Phi) is 7.53. The molecule has 1 aromatic carbocycles. The lowest BCUT2D eigenvalue weighted by Gasteiger charge is -2.19. The molecule has 0 radical (unpaired) electrons. The second-order valence-corrected chi connectivity index (χ2v) is 9.48. The maximum absolute atomic E-state index is 11.7. The van der Waals surface area contributed by atoms with Gasteiger partial charge in [0.2, 0.25) is 0 Å². The topological polar surface area (TPSA) is 38.8 Å². The summed E-state index contributed by atoms with van der Waals surface area (Å²) < 4.78 is 10.9. The maximum atomic E-state index is 11.7. The number of hydrogen-bond acceptors (Lipinski definition) is 4. The highest BCUT2D eigenvalue weighted by Crippen LogP contribution is 2.37. The van der Waals surface area contributed by atoms with Crippen molar-refractivity contribution in [3.63, 3.8) is 0 Å². The van der Waals surface area contributed by atoms with Crippen molar-refractivity contribution in [1.29, 1.82) is 0 Å². The highest BCUT2D eigenvalue weighted by molar-refractivity contribution is 5.69. The highest BCUT2D eigenvalue weighted by Gasteiger charge is 2.35. The molecule has 0 amide bonds. The van der Waals surface area contributed by atoms with Gasteiger partial charge in [-0.05, 0) is 69.4 Å². The van der Waals surface area contributed by atoms with E-state index < -0.39 is 5.60 Å². The van der Waals surface area contributed by atoms with E-state index in [9.17, 15) is 4.79 Å². The van der Waals surface area contributed by atoms with Crippen LogP contribution in [0.25, 0.3) is 0 Å². The van der Waals surface area contributed by atoms with Crippen molar-refractivity contribution in [1.82, 2.24) is 4.90 Å². The van der Waals surface area contributed by atoms with Gasteiger partial charge in [-0.25, -0.2) is 0 Å². The Morgan fingerprint density at radius 2 is 1.79 bits per heavy atom. The average Bonchev–Trinajstić information content (AvgIpc) is 3.20. The summed E-state index contributed by atoms with van der Waals surface area (Å²) in [4.78, 5) is 14.3. The van der Waals surface area contributed by atoms with Gasteiger partial charge in [0.15, 0.2) is 0 Å². The summed E-state index contributed by atoms with van der Waals surface area (Å²) in [6, 6.07) is 8.88. The molecule has 2 fully saturated rings. The number of hydrogen-bond donors (Lipinski definition) is 0. The number of carbonyl (C=O) groups excluding carboxylic acids is 1. The molecule has 2 unspecified atom stereocenters. The van der Waals surface area contributed by atoms with Crippen LogP contribution in [-0.4, -0.2) is 49.3 Å². The standard InChI is InChI=1S/C24H37NO3.H2/c1-24(2,3)28-23(26)12-15-27-14-11-20-7-4-6-19(16-20)10-13-25-17-21-8-5-9-22(21)18-25;/h4,6-7,16,21-22H,5,8-15,17-18H2,1-3H3;1H. The van der Waals surface area contributed by atoms with Crippen LogP contribution in [-0.2, 0) is 27.1 Å². The van der Waals surface area contributed by atoms with Crippen LogP contribution >= 0.6 is 0 Å². The van der Waals surface area contributed by atoms with Crippen LogP contribution in [0.15, 0.2) is 24.3 Å². The van der Waals surface area contributed by atoms with E-state index in [0.29, 0.717) is 19.6 Å². The number of fused-ring (bicyclic) bond motifs is 1. The van der Waals surface area contributed by atoms with E-state index in [0.717, 1.165) is 24.7 Å². The number of ether oxygens (including phenoxy) is 2. The van der Waals surface area contributed by atoms with Gasteiger partial charge in [0.1, 0.15) is 5.60 Å². The normalized spacial score (nSPS) is 22.4. The zero-order valence-electron chi connectivity index (χ0n) is 17.9. The average molecular weight is 390 g/mol. The van der Waals surface area contributed by atoms with Gasteiger partial charge in [-0.2, -0.15) is 0 Å². The lowest BCUT2D eigenvalue weighted by Crippen LogP contribution is -2.24. The first kappa shape index (κ1) is 21.3. The highest BCUT2D eigenvalue weighted by atomic mass is 16.6. The number of carbonyl (C=O) groups is 1. The Morgan fingerprint density at radius 1 is 1.11 bits per heavy atom. The predicted molar refractivity (Wildman–Crippen MR) is 115 cm³/mol. The minimum Gasteiger partial charge on any atom is -0.460 e. The van der Waals surface area contributed by atoms with E-state index in [-0.39, 0.29) is 7.40 Å². The van der Waals surface area contributed by atoms with Gasteiger partial charge in [-0.15, -0.1) is 0 Å². The lowest BCUT2D eigenvalue weighted by molar-refractivity contribution is -0.156. The zero-order chi connectivity index (χ0) is 20.0. The second-order valence-electron chi connectivity index (χ2n) is 9.48. The minimum atomic E-state index is -0.425. The Hall–Kier alpha value is -1.39. The first-order valence-electron chi connectivity index (χ1n) is 11.0. The van der Waals surface area contributed by atoms with Crippen molar-refractivity contribution >= 4 is 5.97 Å². The molecule has 3 rings (SSSR count). The van der Waals surface area contributed by atoms with Crippen molar-refractivity contribution in [2.45, 2.75) is 64.9 Å². The lowest BCUT2D eigenvalue weighted by atomic mass is 10.0. The quantitative estimate of drug-likeness (QED) is 0.460. The van der Waals surface area contributed by atoms with Crippen LogP contribution in [0.3, 0.4) is 0 Å². The molecule has 0 N–H and O–H groups in total. The van der Waals surface area contributed by atoms with Crippen LogP contribution in [0, 0.1) is 11.8 Å². The number of esters is 1. The van der Waals surface area contributed by atoms with E-state index in [1.165, 1.54) is 50.0 Å². The van der Waals surface area contributed by atoms with Gasteiger partial charge in [0.25, 0.3) is 0 Å². The van der Waals surface area contributed by atoms with Crippen LogP contribution in [0.1, 0.15) is 59.0 Å². The molecular weight excluding hydrogens is 350 g/mol. The summed E-state index contributed by atoms with van der Waals surface area (Å²) >= 11 is 0. The molecule has 1 heterocycles. The fourth-order valence-corrected chi connectivity index (χ4v) is 4.58. The Morgan fingerprint density at radius 3 is 2.46 bits per heavy atom. The van der Waals surface area contributed by atoms with Crippen molar-refractivity contribution in [3.8, 4) is 0 Å². The van der Waals surface area contributed by atoms with E-state index >= 15 is 0 Å².